The zero-order valence-corrected chi connectivity index (χ0v) is 10.6. The lowest BCUT2D eigenvalue weighted by Crippen LogP contribution is -2.39. The molecule has 1 aliphatic rings. The van der Waals surface area contributed by atoms with E-state index in [0.29, 0.717) is 38.3 Å². The Morgan fingerprint density at radius 2 is 2.06 bits per heavy atom. The molecule has 0 aliphatic carbocycles. The Morgan fingerprint density at radius 1 is 1.39 bits per heavy atom. The van der Waals surface area contributed by atoms with Crippen LogP contribution in [0.1, 0.15) is 30.2 Å². The Hall–Kier alpha value is -1.69. The van der Waals surface area contributed by atoms with Gasteiger partial charge in [0, 0.05) is 13.1 Å². The second kappa shape index (κ2) is 5.30. The normalized spacial score (nSPS) is 16.1. The molecule has 1 aromatic rings. The number of rotatable bonds is 3. The van der Waals surface area contributed by atoms with Gasteiger partial charge in [-0.25, -0.2) is 4.68 Å². The third-order valence-corrected chi connectivity index (χ3v) is 2.98. The average Bonchev–Trinajstić information content (AvgIpc) is 2.39. The largest absolute Gasteiger partial charge is 0.378 e. The van der Waals surface area contributed by atoms with Gasteiger partial charge in [0.25, 0.3) is 5.56 Å². The van der Waals surface area contributed by atoms with Gasteiger partial charge in [0.15, 0.2) is 6.29 Å². The van der Waals surface area contributed by atoms with Crippen LogP contribution in [0.3, 0.4) is 0 Å². The fourth-order valence-electron chi connectivity index (χ4n) is 2.01. The Morgan fingerprint density at radius 3 is 2.61 bits per heavy atom. The van der Waals surface area contributed by atoms with Crippen molar-refractivity contribution >= 4 is 12.0 Å². The van der Waals surface area contributed by atoms with Crippen LogP contribution in [0.25, 0.3) is 0 Å². The zero-order valence-electron chi connectivity index (χ0n) is 10.6. The zero-order chi connectivity index (χ0) is 13.1. The van der Waals surface area contributed by atoms with Crippen molar-refractivity contribution in [2.45, 2.75) is 19.9 Å². The summed E-state index contributed by atoms with van der Waals surface area (Å²) >= 11 is 0. The highest BCUT2D eigenvalue weighted by atomic mass is 16.5. The van der Waals surface area contributed by atoms with E-state index in [1.807, 2.05) is 18.7 Å². The van der Waals surface area contributed by atoms with Crippen molar-refractivity contribution in [2.24, 2.45) is 0 Å². The summed E-state index contributed by atoms with van der Waals surface area (Å²) in [5.41, 5.74) is 0.458. The van der Waals surface area contributed by atoms with Gasteiger partial charge in [-0.05, 0) is 13.8 Å². The van der Waals surface area contributed by atoms with Gasteiger partial charge in [0.2, 0.25) is 0 Å². The van der Waals surface area contributed by atoms with Gasteiger partial charge in [-0.1, -0.05) is 0 Å². The number of carbonyl (C=O) groups excluding carboxylic acids is 1. The maximum atomic E-state index is 12.1. The molecule has 0 N–H and O–H groups in total. The highest BCUT2D eigenvalue weighted by molar-refractivity contribution is 5.83. The molecule has 6 heteroatoms. The molecule has 6 nitrogen and oxygen atoms in total. The number of aromatic nitrogens is 2. The van der Waals surface area contributed by atoms with Crippen LogP contribution < -0.4 is 10.5 Å². The predicted molar refractivity (Wildman–Crippen MR) is 67.3 cm³/mol. The SMILES string of the molecule is CC(C)n1ncc(N2CCOCC2)c(C=O)c1=O. The Balaban J connectivity index is 2.45. The summed E-state index contributed by atoms with van der Waals surface area (Å²) in [6.07, 6.45) is 2.21. The quantitative estimate of drug-likeness (QED) is 0.731. The molecule has 18 heavy (non-hydrogen) atoms. The van der Waals surface area contributed by atoms with Gasteiger partial charge in [-0.2, -0.15) is 5.10 Å². The van der Waals surface area contributed by atoms with E-state index in [2.05, 4.69) is 5.10 Å². The Bertz CT molecular complexity index is 490. The van der Waals surface area contributed by atoms with E-state index in [0.717, 1.165) is 0 Å². The maximum absolute atomic E-state index is 12.1. The van der Waals surface area contributed by atoms with Crippen LogP contribution in [0.4, 0.5) is 5.69 Å². The minimum atomic E-state index is -0.330. The number of carbonyl (C=O) groups is 1. The predicted octanol–water partition coefficient (Wildman–Crippen LogP) is 0.473. The molecule has 0 saturated carbocycles. The number of aldehydes is 1. The Kier molecular flexibility index (Phi) is 3.76. The van der Waals surface area contributed by atoms with E-state index in [4.69, 9.17) is 4.74 Å². The number of nitrogens with zero attached hydrogens (tertiary/aromatic N) is 3. The van der Waals surface area contributed by atoms with Crippen molar-refractivity contribution in [3.8, 4) is 0 Å². The number of anilines is 1. The van der Waals surface area contributed by atoms with Crippen LogP contribution in [0, 0.1) is 0 Å². The minimum absolute atomic E-state index is 0.0602. The van der Waals surface area contributed by atoms with Crippen molar-refractivity contribution in [1.82, 2.24) is 9.78 Å². The molecule has 0 aromatic carbocycles. The van der Waals surface area contributed by atoms with E-state index in [1.165, 1.54) is 4.68 Å². The van der Waals surface area contributed by atoms with Gasteiger partial charge in [-0.3, -0.25) is 9.59 Å². The molecule has 1 aliphatic heterocycles. The van der Waals surface area contributed by atoms with Gasteiger partial charge < -0.3 is 9.64 Å². The summed E-state index contributed by atoms with van der Waals surface area (Å²) in [5.74, 6) is 0. The van der Waals surface area contributed by atoms with Crippen LogP contribution in [0.15, 0.2) is 11.0 Å². The molecular weight excluding hydrogens is 234 g/mol. The first-order valence-corrected chi connectivity index (χ1v) is 6.05. The standard InChI is InChI=1S/C12H17N3O3/c1-9(2)15-12(17)10(8-16)11(7-13-15)14-3-5-18-6-4-14/h7-9H,3-6H2,1-2H3. The van der Waals surface area contributed by atoms with Crippen molar-refractivity contribution in [3.05, 3.63) is 22.1 Å². The fraction of sp³-hybridized carbons (Fsp3) is 0.583. The molecular formula is C12H17N3O3. The third-order valence-electron chi connectivity index (χ3n) is 2.98. The lowest BCUT2D eigenvalue weighted by Gasteiger charge is -2.29. The van der Waals surface area contributed by atoms with Crippen LogP contribution in [0.2, 0.25) is 0 Å². The van der Waals surface area contributed by atoms with Crippen LogP contribution in [-0.2, 0) is 4.74 Å². The van der Waals surface area contributed by atoms with E-state index in [1.54, 1.807) is 6.20 Å². The molecule has 1 saturated heterocycles. The van der Waals surface area contributed by atoms with E-state index in [-0.39, 0.29) is 17.2 Å². The number of morpholine rings is 1. The van der Waals surface area contributed by atoms with Gasteiger partial charge in [0.1, 0.15) is 5.56 Å². The molecule has 0 atom stereocenters. The first-order chi connectivity index (χ1) is 8.65. The van der Waals surface area contributed by atoms with Gasteiger partial charge in [-0.15, -0.1) is 0 Å². The third kappa shape index (κ3) is 2.28. The number of hydrogen-bond acceptors (Lipinski definition) is 5. The van der Waals surface area contributed by atoms with Gasteiger partial charge >= 0.3 is 0 Å². The van der Waals surface area contributed by atoms with Crippen LogP contribution in [-0.4, -0.2) is 42.4 Å². The molecule has 0 spiro atoms. The fourth-order valence-corrected chi connectivity index (χ4v) is 2.01. The number of hydrogen-bond donors (Lipinski definition) is 0. The number of ether oxygens (including phenoxy) is 1. The summed E-state index contributed by atoms with van der Waals surface area (Å²) in [5, 5.41) is 4.12. The molecule has 0 bridgehead atoms. The van der Waals surface area contributed by atoms with Crippen molar-refractivity contribution in [3.63, 3.8) is 0 Å². The summed E-state index contributed by atoms with van der Waals surface area (Å²) < 4.78 is 6.58. The molecule has 1 fully saturated rings. The molecule has 2 rings (SSSR count). The van der Waals surface area contributed by atoms with E-state index in [9.17, 15) is 9.59 Å². The molecule has 98 valence electrons. The summed E-state index contributed by atoms with van der Waals surface area (Å²) in [4.78, 5) is 25.2. The summed E-state index contributed by atoms with van der Waals surface area (Å²) in [7, 11) is 0. The molecule has 2 heterocycles. The first-order valence-electron chi connectivity index (χ1n) is 6.05. The van der Waals surface area contributed by atoms with E-state index < -0.39 is 0 Å². The second-order valence-electron chi connectivity index (χ2n) is 4.50. The minimum Gasteiger partial charge on any atom is -0.378 e. The van der Waals surface area contributed by atoms with Crippen LogP contribution >= 0.6 is 0 Å². The topological polar surface area (TPSA) is 64.4 Å². The highest BCUT2D eigenvalue weighted by Crippen LogP contribution is 2.16. The van der Waals surface area contributed by atoms with Crippen molar-refractivity contribution in [1.29, 1.82) is 0 Å². The average molecular weight is 251 g/mol. The second-order valence-corrected chi connectivity index (χ2v) is 4.50. The highest BCUT2D eigenvalue weighted by Gasteiger charge is 2.19. The molecule has 1 aromatic heterocycles. The van der Waals surface area contributed by atoms with Gasteiger partial charge in [0.05, 0.1) is 31.1 Å². The molecule has 0 radical (unpaired) electrons. The Labute approximate surface area is 105 Å². The lowest BCUT2D eigenvalue weighted by molar-refractivity contribution is 0.111. The molecule has 0 amide bonds. The van der Waals surface area contributed by atoms with Crippen molar-refractivity contribution in [2.75, 3.05) is 31.2 Å². The molecule has 0 unspecified atom stereocenters. The van der Waals surface area contributed by atoms with Crippen molar-refractivity contribution < 1.29 is 9.53 Å². The van der Waals surface area contributed by atoms with E-state index >= 15 is 0 Å². The van der Waals surface area contributed by atoms with Crippen LogP contribution in [0.5, 0.6) is 0 Å². The maximum Gasteiger partial charge on any atom is 0.279 e. The summed E-state index contributed by atoms with van der Waals surface area (Å²) in [6.45, 7) is 6.27. The summed E-state index contributed by atoms with van der Waals surface area (Å²) in [6, 6.07) is -0.0602. The first kappa shape index (κ1) is 12.8. The monoisotopic (exact) mass is 251 g/mol. The smallest absolute Gasteiger partial charge is 0.279 e. The lowest BCUT2D eigenvalue weighted by atomic mass is 10.2.